The number of nitrogens with zero attached hydrogens (tertiary/aromatic N) is 1. The average Bonchev–Trinajstić information content (AvgIpc) is 3.41. The summed E-state index contributed by atoms with van der Waals surface area (Å²) in [6.45, 7) is 0.118. The molecule has 0 unspecified atom stereocenters. The van der Waals surface area contributed by atoms with Gasteiger partial charge in [0.05, 0.1) is 34.9 Å². The van der Waals surface area contributed by atoms with E-state index in [0.717, 1.165) is 0 Å². The Morgan fingerprint density at radius 3 is 2.21 bits per heavy atom. The first-order valence-electron chi connectivity index (χ1n) is 15.1. The van der Waals surface area contributed by atoms with Crippen LogP contribution in [0.5, 0.6) is 0 Å². The van der Waals surface area contributed by atoms with Gasteiger partial charge in [-0.15, -0.1) is 0 Å². The molecule has 2 fully saturated rings. The molecule has 0 aliphatic carbocycles. The number of carbonyl (C=O) groups is 3. The first-order chi connectivity index (χ1) is 22.5. The number of thioether (sulfide) groups is 1. The summed E-state index contributed by atoms with van der Waals surface area (Å²) >= 11 is 1.49. The molecule has 0 bridgehead atoms. The normalized spacial score (nSPS) is 22.7. The zero-order valence-corrected chi connectivity index (χ0v) is 27.1. The smallest absolute Gasteiger partial charge is 0.416 e. The molecule has 3 N–H and O–H groups in total. The van der Waals surface area contributed by atoms with Gasteiger partial charge in [-0.1, -0.05) is 30.3 Å². The number of likely N-dealkylation sites (tertiary alicyclic amines) is 1. The maximum Gasteiger partial charge on any atom is 0.416 e. The molecule has 0 radical (unpaired) electrons. The number of nitrogens with two attached hydrogens (primary N) is 1. The van der Waals surface area contributed by atoms with Gasteiger partial charge < -0.3 is 25.3 Å². The Hall–Kier alpha value is -3.50. The van der Waals surface area contributed by atoms with Crippen molar-refractivity contribution >= 4 is 29.7 Å². The summed E-state index contributed by atoms with van der Waals surface area (Å²) in [5.41, 5.74) is 0.883. The fraction of sp³-hybridized carbons (Fsp3) is 0.531. The molecule has 4 rings (SSSR count). The number of halogens is 6. The van der Waals surface area contributed by atoms with E-state index in [0.29, 0.717) is 42.7 Å². The second-order valence-electron chi connectivity index (χ2n) is 12.0. The Morgan fingerprint density at radius 1 is 1.00 bits per heavy atom. The molecule has 1 spiro atoms. The van der Waals surface area contributed by atoms with Crippen LogP contribution in [0.1, 0.15) is 67.4 Å². The Balaban J connectivity index is 1.65. The van der Waals surface area contributed by atoms with Gasteiger partial charge in [-0.25, -0.2) is 4.79 Å². The van der Waals surface area contributed by atoms with Crippen molar-refractivity contribution in [2.24, 2.45) is 5.73 Å². The lowest BCUT2D eigenvalue weighted by atomic mass is 9.74. The molecule has 2 aromatic carbocycles. The molecular formula is C32H37F6N3O6S. The van der Waals surface area contributed by atoms with Gasteiger partial charge in [-0.05, 0) is 73.9 Å². The van der Waals surface area contributed by atoms with Crippen LogP contribution in [-0.4, -0.2) is 66.4 Å². The van der Waals surface area contributed by atoms with E-state index in [2.05, 4.69) is 5.32 Å². The molecule has 2 aliphatic heterocycles. The quantitative estimate of drug-likeness (QED) is 0.162. The van der Waals surface area contributed by atoms with E-state index in [1.54, 1.807) is 30.3 Å². The summed E-state index contributed by atoms with van der Waals surface area (Å²) in [4.78, 5) is 39.7. The SMILES string of the molecule is CSCC[C@H](N)C(=O)OCOC(=O)N1C[C@@]2(CCC(=O)N2)CC[C@@]1(CO[C@H](C)c1cc(C(F)(F)F)cc(C(F)(F)F)c1)c1ccccc1. The molecule has 9 nitrogen and oxygen atoms in total. The largest absolute Gasteiger partial charge is 0.427 e. The van der Waals surface area contributed by atoms with Crippen LogP contribution < -0.4 is 11.1 Å². The van der Waals surface area contributed by atoms with Crippen molar-refractivity contribution in [2.75, 3.05) is 32.0 Å². The Labute approximate surface area is 277 Å². The Kier molecular flexibility index (Phi) is 11.6. The van der Waals surface area contributed by atoms with Gasteiger partial charge in [0.1, 0.15) is 6.04 Å². The third kappa shape index (κ3) is 8.74. The predicted octanol–water partition coefficient (Wildman–Crippen LogP) is 6.16. The molecule has 4 atom stereocenters. The van der Waals surface area contributed by atoms with Crippen LogP contribution >= 0.6 is 11.8 Å². The van der Waals surface area contributed by atoms with Crippen molar-refractivity contribution in [3.05, 3.63) is 70.8 Å². The number of carbonyl (C=O) groups excluding carboxylic acids is 3. The zero-order chi connectivity index (χ0) is 35.3. The molecule has 48 heavy (non-hydrogen) atoms. The van der Waals surface area contributed by atoms with Crippen molar-refractivity contribution in [1.29, 1.82) is 0 Å². The second kappa shape index (κ2) is 14.9. The minimum Gasteiger partial charge on any atom is -0.427 e. The van der Waals surface area contributed by atoms with Crippen LogP contribution in [0.2, 0.25) is 0 Å². The third-order valence-electron chi connectivity index (χ3n) is 8.73. The van der Waals surface area contributed by atoms with Gasteiger partial charge in [-0.2, -0.15) is 38.1 Å². The third-order valence-corrected chi connectivity index (χ3v) is 9.38. The van der Waals surface area contributed by atoms with Crippen LogP contribution in [0.4, 0.5) is 31.1 Å². The lowest BCUT2D eigenvalue weighted by molar-refractivity contribution is -0.155. The molecule has 16 heteroatoms. The van der Waals surface area contributed by atoms with E-state index in [4.69, 9.17) is 19.9 Å². The number of benzene rings is 2. The lowest BCUT2D eigenvalue weighted by Gasteiger charge is -2.52. The predicted molar refractivity (Wildman–Crippen MR) is 163 cm³/mol. The summed E-state index contributed by atoms with van der Waals surface area (Å²) < 4.78 is 98.0. The van der Waals surface area contributed by atoms with Crippen molar-refractivity contribution < 1.29 is 54.9 Å². The minimum absolute atomic E-state index is 0.0400. The highest BCUT2D eigenvalue weighted by Gasteiger charge is 2.54. The van der Waals surface area contributed by atoms with Gasteiger partial charge in [0.2, 0.25) is 12.7 Å². The summed E-state index contributed by atoms with van der Waals surface area (Å²) in [6, 6.07) is 8.84. The lowest BCUT2D eigenvalue weighted by Crippen LogP contribution is -2.65. The highest BCUT2D eigenvalue weighted by atomic mass is 32.2. The van der Waals surface area contributed by atoms with E-state index in [1.807, 2.05) is 6.26 Å². The molecule has 2 aliphatic rings. The van der Waals surface area contributed by atoms with Gasteiger partial charge in [0, 0.05) is 13.0 Å². The molecule has 0 aromatic heterocycles. The van der Waals surface area contributed by atoms with Crippen LogP contribution in [0, 0.1) is 0 Å². The summed E-state index contributed by atoms with van der Waals surface area (Å²) in [7, 11) is 0. The van der Waals surface area contributed by atoms with E-state index >= 15 is 0 Å². The maximum atomic E-state index is 13.8. The molecule has 2 saturated heterocycles. The van der Waals surface area contributed by atoms with Gasteiger partial charge in [-0.3, -0.25) is 14.5 Å². The fourth-order valence-corrected chi connectivity index (χ4v) is 6.46. The highest BCUT2D eigenvalue weighted by molar-refractivity contribution is 7.98. The first kappa shape index (κ1) is 37.3. The van der Waals surface area contributed by atoms with E-state index in [-0.39, 0.29) is 43.5 Å². The van der Waals surface area contributed by atoms with Crippen LogP contribution in [-0.2, 0) is 41.7 Å². The number of hydrogen-bond donors (Lipinski definition) is 2. The van der Waals surface area contributed by atoms with Crippen LogP contribution in [0.25, 0.3) is 0 Å². The van der Waals surface area contributed by atoms with Crippen molar-refractivity contribution in [2.45, 2.75) is 74.6 Å². The van der Waals surface area contributed by atoms with E-state index < -0.39 is 65.6 Å². The highest BCUT2D eigenvalue weighted by Crippen LogP contribution is 2.45. The summed E-state index contributed by atoms with van der Waals surface area (Å²) in [6.07, 6.45) is -8.96. The van der Waals surface area contributed by atoms with Crippen molar-refractivity contribution in [3.8, 4) is 0 Å². The number of hydrogen-bond acceptors (Lipinski definition) is 8. The fourth-order valence-electron chi connectivity index (χ4n) is 5.97. The zero-order valence-electron chi connectivity index (χ0n) is 26.3. The standard InChI is InChI=1S/C32H37F6N3O6S/c1-20(21-14-23(31(33,34)35)16-24(15-21)32(36,37)38)45-18-30(22-6-4-3-5-7-22)12-11-29(10-8-26(42)40-29)17-41(30)28(44)47-19-46-27(43)25(39)9-13-48-2/h3-7,14-16,20,25H,8-13,17-19,39H2,1-2H3,(H,40,42)/t20-,25+,29-,30-/m1/s1. The molecule has 2 amide bonds. The van der Waals surface area contributed by atoms with Crippen LogP contribution in [0.15, 0.2) is 48.5 Å². The first-order valence-corrected chi connectivity index (χ1v) is 16.5. The monoisotopic (exact) mass is 705 g/mol. The minimum atomic E-state index is -5.05. The number of amides is 2. The Bertz CT molecular complexity index is 1430. The van der Waals surface area contributed by atoms with E-state index in [1.165, 1.54) is 23.6 Å². The van der Waals surface area contributed by atoms with E-state index in [9.17, 15) is 40.7 Å². The molecule has 2 heterocycles. The summed E-state index contributed by atoms with van der Waals surface area (Å²) in [5.74, 6) is -0.382. The maximum absolute atomic E-state index is 13.8. The molecular weight excluding hydrogens is 668 g/mol. The molecule has 264 valence electrons. The van der Waals surface area contributed by atoms with Crippen molar-refractivity contribution in [1.82, 2.24) is 10.2 Å². The average molecular weight is 706 g/mol. The van der Waals surface area contributed by atoms with Gasteiger partial charge in [0.15, 0.2) is 0 Å². The van der Waals surface area contributed by atoms with Crippen LogP contribution in [0.3, 0.4) is 0 Å². The van der Waals surface area contributed by atoms with Gasteiger partial charge >= 0.3 is 24.4 Å². The number of piperidine rings is 1. The van der Waals surface area contributed by atoms with Crippen molar-refractivity contribution in [3.63, 3.8) is 0 Å². The van der Waals surface area contributed by atoms with Gasteiger partial charge in [0.25, 0.3) is 0 Å². The summed E-state index contributed by atoms with van der Waals surface area (Å²) in [5, 5.41) is 2.94. The number of esters is 1. The number of ether oxygens (including phenoxy) is 3. The molecule has 2 aromatic rings. The topological polar surface area (TPSA) is 120 Å². The number of nitrogens with one attached hydrogen (secondary N) is 1. The number of alkyl halides is 6. The second-order valence-corrected chi connectivity index (χ2v) is 13.0. The molecule has 0 saturated carbocycles. The number of rotatable bonds is 11. The Morgan fingerprint density at radius 2 is 1.65 bits per heavy atom.